The van der Waals surface area contributed by atoms with Gasteiger partial charge in [-0.1, -0.05) is 12.1 Å². The Labute approximate surface area is 145 Å². The Morgan fingerprint density at radius 2 is 1.84 bits per heavy atom. The van der Waals surface area contributed by atoms with E-state index in [1.54, 1.807) is 19.3 Å². The Hall–Kier alpha value is -3.15. The highest BCUT2D eigenvalue weighted by molar-refractivity contribution is 6.07. The van der Waals surface area contributed by atoms with Crippen molar-refractivity contribution < 1.29 is 19.2 Å². The molecule has 130 valence electrons. The summed E-state index contributed by atoms with van der Waals surface area (Å²) in [5, 5.41) is 10.7. The molecule has 0 aromatic heterocycles. The van der Waals surface area contributed by atoms with Crippen LogP contribution in [0.25, 0.3) is 6.08 Å². The zero-order valence-corrected chi connectivity index (χ0v) is 14.3. The van der Waals surface area contributed by atoms with Gasteiger partial charge in [0, 0.05) is 23.3 Å². The topological polar surface area (TPSA) is 78.7 Å². The predicted molar refractivity (Wildman–Crippen MR) is 95.2 cm³/mol. The predicted octanol–water partition coefficient (Wildman–Crippen LogP) is 4.29. The monoisotopic (exact) mass is 341 g/mol. The first-order chi connectivity index (χ1) is 11.9. The molecule has 0 amide bonds. The largest absolute Gasteiger partial charge is 0.493 e. The number of ketones is 1. The fourth-order valence-corrected chi connectivity index (χ4v) is 2.20. The van der Waals surface area contributed by atoms with Crippen LogP contribution in [0.5, 0.6) is 11.5 Å². The highest BCUT2D eigenvalue weighted by Gasteiger charge is 2.11. The number of carbonyl (C=O) groups is 1. The highest BCUT2D eigenvalue weighted by Crippen LogP contribution is 2.33. The number of methoxy groups -OCH3 is 1. The molecule has 0 saturated carbocycles. The van der Waals surface area contributed by atoms with Gasteiger partial charge in [0.2, 0.25) is 0 Å². The van der Waals surface area contributed by atoms with Crippen molar-refractivity contribution >= 4 is 17.5 Å². The van der Waals surface area contributed by atoms with Crippen LogP contribution in [-0.2, 0) is 0 Å². The van der Waals surface area contributed by atoms with Gasteiger partial charge in [-0.2, -0.15) is 0 Å². The molecule has 0 spiro atoms. The molecule has 0 radical (unpaired) electrons. The molecule has 6 heteroatoms. The number of benzene rings is 2. The second kappa shape index (κ2) is 8.10. The second-order valence-electron chi connectivity index (χ2n) is 5.55. The van der Waals surface area contributed by atoms with Crippen LogP contribution < -0.4 is 9.47 Å². The molecule has 0 saturated heterocycles. The summed E-state index contributed by atoms with van der Waals surface area (Å²) in [5.41, 5.74) is 1.03. The van der Waals surface area contributed by atoms with Gasteiger partial charge in [0.15, 0.2) is 17.3 Å². The molecule has 0 bridgehead atoms. The van der Waals surface area contributed by atoms with E-state index in [-0.39, 0.29) is 17.6 Å². The van der Waals surface area contributed by atoms with Gasteiger partial charge < -0.3 is 9.47 Å². The third-order valence-corrected chi connectivity index (χ3v) is 3.36. The Balaban J connectivity index is 2.26. The van der Waals surface area contributed by atoms with Crippen LogP contribution in [0, 0.1) is 10.1 Å². The van der Waals surface area contributed by atoms with E-state index in [0.717, 1.165) is 0 Å². The molecule has 2 rings (SSSR count). The van der Waals surface area contributed by atoms with Crippen molar-refractivity contribution in [3.8, 4) is 11.5 Å². The molecule has 0 aliphatic heterocycles. The number of rotatable bonds is 7. The van der Waals surface area contributed by atoms with Gasteiger partial charge in [-0.05, 0) is 44.2 Å². The first-order valence-electron chi connectivity index (χ1n) is 7.73. The number of nitro groups is 1. The van der Waals surface area contributed by atoms with Crippen LogP contribution in [0.2, 0.25) is 0 Å². The minimum Gasteiger partial charge on any atom is -0.493 e. The van der Waals surface area contributed by atoms with E-state index >= 15 is 0 Å². The van der Waals surface area contributed by atoms with E-state index in [4.69, 9.17) is 9.47 Å². The maximum absolute atomic E-state index is 12.3. The van der Waals surface area contributed by atoms with Crippen molar-refractivity contribution in [3.63, 3.8) is 0 Å². The van der Waals surface area contributed by atoms with Gasteiger partial charge in [-0.25, -0.2) is 0 Å². The van der Waals surface area contributed by atoms with Crippen molar-refractivity contribution in [2.45, 2.75) is 20.0 Å². The number of nitrogens with zero attached hydrogens (tertiary/aromatic N) is 1. The van der Waals surface area contributed by atoms with E-state index in [2.05, 4.69) is 0 Å². The summed E-state index contributed by atoms with van der Waals surface area (Å²) < 4.78 is 11.1. The Bertz CT molecular complexity index is 794. The summed E-state index contributed by atoms with van der Waals surface area (Å²) in [6.07, 6.45) is 3.00. The molecule has 6 nitrogen and oxygen atoms in total. The van der Waals surface area contributed by atoms with Crippen molar-refractivity contribution in [2.75, 3.05) is 7.11 Å². The Morgan fingerprint density at radius 3 is 2.40 bits per heavy atom. The smallest absolute Gasteiger partial charge is 0.269 e. The molecule has 0 heterocycles. The summed E-state index contributed by atoms with van der Waals surface area (Å²) in [6, 6.07) is 10.9. The second-order valence-corrected chi connectivity index (χ2v) is 5.55. The van der Waals surface area contributed by atoms with Crippen LogP contribution in [0.3, 0.4) is 0 Å². The molecule has 2 aromatic rings. The van der Waals surface area contributed by atoms with Crippen molar-refractivity contribution in [3.05, 3.63) is 69.8 Å². The third-order valence-electron chi connectivity index (χ3n) is 3.36. The molecule has 25 heavy (non-hydrogen) atoms. The number of carbonyl (C=O) groups excluding carboxylic acids is 1. The molecular formula is C19H19NO5. The summed E-state index contributed by atoms with van der Waals surface area (Å²) >= 11 is 0. The normalized spacial score (nSPS) is 10.9. The SMILES string of the molecule is COc1cccc(/C=C/C(=O)c2ccc([N+](=O)[O-])cc2)c1OC(C)C. The number of para-hydroxylation sites is 1. The number of allylic oxidation sites excluding steroid dienone is 1. The fourth-order valence-electron chi connectivity index (χ4n) is 2.20. The third kappa shape index (κ3) is 4.67. The van der Waals surface area contributed by atoms with Crippen LogP contribution in [0.1, 0.15) is 29.8 Å². The van der Waals surface area contributed by atoms with Gasteiger partial charge >= 0.3 is 0 Å². The highest BCUT2D eigenvalue weighted by atomic mass is 16.6. The van der Waals surface area contributed by atoms with Crippen molar-refractivity contribution in [1.29, 1.82) is 0 Å². The average Bonchev–Trinajstić information content (AvgIpc) is 2.60. The molecule has 2 aromatic carbocycles. The zero-order chi connectivity index (χ0) is 18.4. The first-order valence-corrected chi connectivity index (χ1v) is 7.73. The van der Waals surface area contributed by atoms with Crippen molar-refractivity contribution in [1.82, 2.24) is 0 Å². The minimum atomic E-state index is -0.504. The quantitative estimate of drug-likeness (QED) is 0.325. The summed E-state index contributed by atoms with van der Waals surface area (Å²) in [6.45, 7) is 3.81. The summed E-state index contributed by atoms with van der Waals surface area (Å²) in [7, 11) is 1.55. The average molecular weight is 341 g/mol. The summed E-state index contributed by atoms with van der Waals surface area (Å²) in [4.78, 5) is 22.4. The number of hydrogen-bond donors (Lipinski definition) is 0. The van der Waals surface area contributed by atoms with Crippen LogP contribution >= 0.6 is 0 Å². The van der Waals surface area contributed by atoms with E-state index in [1.807, 2.05) is 26.0 Å². The standard InChI is InChI=1S/C19H19NO5/c1-13(2)25-19-15(5-4-6-18(19)24-3)9-12-17(21)14-7-10-16(11-8-14)20(22)23/h4-13H,1-3H3/b12-9+. The maximum atomic E-state index is 12.3. The Kier molecular flexibility index (Phi) is 5.89. The van der Waals surface area contributed by atoms with E-state index in [0.29, 0.717) is 22.6 Å². The lowest BCUT2D eigenvalue weighted by Crippen LogP contribution is -2.08. The van der Waals surface area contributed by atoms with Gasteiger partial charge in [0.1, 0.15) is 0 Å². The lowest BCUT2D eigenvalue weighted by molar-refractivity contribution is -0.384. The molecule has 0 N–H and O–H groups in total. The zero-order valence-electron chi connectivity index (χ0n) is 14.3. The van der Waals surface area contributed by atoms with Gasteiger partial charge in [-0.15, -0.1) is 0 Å². The van der Waals surface area contributed by atoms with Crippen LogP contribution in [0.4, 0.5) is 5.69 Å². The van der Waals surface area contributed by atoms with Gasteiger partial charge in [0.25, 0.3) is 5.69 Å². The number of ether oxygens (including phenoxy) is 2. The fraction of sp³-hybridized carbons (Fsp3) is 0.211. The maximum Gasteiger partial charge on any atom is 0.269 e. The number of nitro benzene ring substituents is 1. The molecule has 0 unspecified atom stereocenters. The van der Waals surface area contributed by atoms with Gasteiger partial charge in [-0.3, -0.25) is 14.9 Å². The lowest BCUT2D eigenvalue weighted by atomic mass is 10.1. The van der Waals surface area contributed by atoms with E-state index in [9.17, 15) is 14.9 Å². The summed E-state index contributed by atoms with van der Waals surface area (Å²) in [5.74, 6) is 0.889. The molecular weight excluding hydrogens is 322 g/mol. The number of non-ortho nitro benzene ring substituents is 1. The molecule has 0 aliphatic rings. The Morgan fingerprint density at radius 1 is 1.16 bits per heavy atom. The van der Waals surface area contributed by atoms with Crippen molar-refractivity contribution in [2.24, 2.45) is 0 Å². The molecule has 0 aliphatic carbocycles. The molecule has 0 fully saturated rings. The minimum absolute atomic E-state index is 0.0474. The van der Waals surface area contributed by atoms with Crippen LogP contribution in [0.15, 0.2) is 48.5 Å². The van der Waals surface area contributed by atoms with Crippen LogP contribution in [-0.4, -0.2) is 23.9 Å². The van der Waals surface area contributed by atoms with E-state index < -0.39 is 4.92 Å². The van der Waals surface area contributed by atoms with Gasteiger partial charge in [0.05, 0.1) is 18.1 Å². The molecule has 0 atom stereocenters. The lowest BCUT2D eigenvalue weighted by Gasteiger charge is -2.15. The van der Waals surface area contributed by atoms with E-state index in [1.165, 1.54) is 30.3 Å². The number of hydrogen-bond acceptors (Lipinski definition) is 5. The first kappa shape index (κ1) is 18.2.